The lowest BCUT2D eigenvalue weighted by Crippen LogP contribution is -2.26. The van der Waals surface area contributed by atoms with Gasteiger partial charge in [0.15, 0.2) is 0 Å². The average Bonchev–Trinajstić information content (AvgIpc) is 3.27. The number of hydrogen-bond acceptors (Lipinski definition) is 2. The van der Waals surface area contributed by atoms with E-state index < -0.39 is 0 Å². The van der Waals surface area contributed by atoms with Gasteiger partial charge in [0.25, 0.3) is 5.91 Å². The third kappa shape index (κ3) is 3.55. The zero-order valence-corrected chi connectivity index (χ0v) is 13.1. The third-order valence-electron chi connectivity index (χ3n) is 4.02. The van der Waals surface area contributed by atoms with E-state index >= 15 is 0 Å². The summed E-state index contributed by atoms with van der Waals surface area (Å²) in [5.41, 5.74) is 3.22. The summed E-state index contributed by atoms with van der Waals surface area (Å²) in [7, 11) is 4.06. The van der Waals surface area contributed by atoms with Crippen molar-refractivity contribution in [1.82, 2.24) is 10.2 Å². The largest absolute Gasteiger partial charge is 0.349 e. The van der Waals surface area contributed by atoms with Gasteiger partial charge in [-0.05, 0) is 43.8 Å². The fourth-order valence-electron chi connectivity index (χ4n) is 2.85. The van der Waals surface area contributed by atoms with Gasteiger partial charge in [0.2, 0.25) is 0 Å². The van der Waals surface area contributed by atoms with Crippen molar-refractivity contribution < 1.29 is 4.79 Å². The molecule has 1 fully saturated rings. The molecular weight excluding hydrogens is 272 g/mol. The summed E-state index contributed by atoms with van der Waals surface area (Å²) in [5, 5.41) is 3.15. The number of carbonyl (C=O) groups excluding carboxylic acids is 1. The van der Waals surface area contributed by atoms with E-state index in [1.807, 2.05) is 38.4 Å². The van der Waals surface area contributed by atoms with Crippen molar-refractivity contribution in [2.24, 2.45) is 0 Å². The van der Waals surface area contributed by atoms with E-state index in [0.29, 0.717) is 5.92 Å². The van der Waals surface area contributed by atoms with Crippen molar-refractivity contribution in [3.05, 3.63) is 71.3 Å². The van der Waals surface area contributed by atoms with Crippen molar-refractivity contribution in [2.75, 3.05) is 14.1 Å². The second kappa shape index (κ2) is 6.32. The molecule has 0 spiro atoms. The summed E-state index contributed by atoms with van der Waals surface area (Å²) in [6.45, 7) is 0.844. The van der Waals surface area contributed by atoms with E-state index in [-0.39, 0.29) is 11.9 Å². The maximum absolute atomic E-state index is 12.4. The molecule has 0 heterocycles. The summed E-state index contributed by atoms with van der Waals surface area (Å²) < 4.78 is 0. The van der Waals surface area contributed by atoms with Gasteiger partial charge < -0.3 is 10.2 Å². The first-order valence-electron chi connectivity index (χ1n) is 7.73. The molecule has 0 aromatic heterocycles. The van der Waals surface area contributed by atoms with Crippen LogP contribution in [0.3, 0.4) is 0 Å². The quantitative estimate of drug-likeness (QED) is 0.919. The summed E-state index contributed by atoms with van der Waals surface area (Å²) in [6.07, 6.45) is 1.03. The molecule has 114 valence electrons. The number of amides is 1. The van der Waals surface area contributed by atoms with Crippen molar-refractivity contribution in [2.45, 2.75) is 24.9 Å². The third-order valence-corrected chi connectivity index (χ3v) is 4.02. The Kier molecular flexibility index (Phi) is 4.25. The first kappa shape index (κ1) is 14.8. The summed E-state index contributed by atoms with van der Waals surface area (Å²) in [4.78, 5) is 14.5. The van der Waals surface area contributed by atoms with Crippen molar-refractivity contribution >= 4 is 5.91 Å². The lowest BCUT2D eigenvalue weighted by atomic mass is 10.1. The molecule has 2 aromatic rings. The number of nitrogens with zero attached hydrogens (tertiary/aromatic N) is 1. The van der Waals surface area contributed by atoms with E-state index in [4.69, 9.17) is 0 Å². The Morgan fingerprint density at radius 1 is 1.14 bits per heavy atom. The van der Waals surface area contributed by atoms with E-state index in [0.717, 1.165) is 24.1 Å². The Morgan fingerprint density at radius 2 is 1.91 bits per heavy atom. The van der Waals surface area contributed by atoms with E-state index in [9.17, 15) is 4.79 Å². The van der Waals surface area contributed by atoms with Gasteiger partial charge >= 0.3 is 0 Å². The average molecular weight is 294 g/mol. The minimum Gasteiger partial charge on any atom is -0.349 e. The van der Waals surface area contributed by atoms with E-state index in [2.05, 4.69) is 40.5 Å². The van der Waals surface area contributed by atoms with Crippen LogP contribution in [0.2, 0.25) is 0 Å². The van der Waals surface area contributed by atoms with Gasteiger partial charge in [-0.2, -0.15) is 0 Å². The number of carbonyl (C=O) groups is 1. The Morgan fingerprint density at radius 3 is 2.64 bits per heavy atom. The number of nitrogens with one attached hydrogen (secondary N) is 1. The van der Waals surface area contributed by atoms with Crippen LogP contribution in [0, 0.1) is 0 Å². The Balaban J connectivity index is 1.61. The molecule has 2 aromatic carbocycles. The predicted molar refractivity (Wildman–Crippen MR) is 88.9 cm³/mol. The molecule has 1 aliphatic carbocycles. The monoisotopic (exact) mass is 294 g/mol. The molecule has 2 atom stereocenters. The van der Waals surface area contributed by atoms with Gasteiger partial charge in [-0.15, -0.1) is 0 Å². The van der Waals surface area contributed by atoms with Gasteiger partial charge in [0, 0.05) is 24.1 Å². The minimum absolute atomic E-state index is 0.0315. The fraction of sp³-hybridized carbons (Fsp3) is 0.316. The van der Waals surface area contributed by atoms with Crippen LogP contribution in [0.1, 0.15) is 33.8 Å². The van der Waals surface area contributed by atoms with Crippen LogP contribution in [0.25, 0.3) is 0 Å². The first-order valence-corrected chi connectivity index (χ1v) is 7.73. The number of rotatable bonds is 5. The van der Waals surface area contributed by atoms with Crippen LogP contribution < -0.4 is 5.32 Å². The highest BCUT2D eigenvalue weighted by molar-refractivity contribution is 5.94. The second-order valence-corrected chi connectivity index (χ2v) is 6.27. The zero-order chi connectivity index (χ0) is 15.5. The van der Waals surface area contributed by atoms with Gasteiger partial charge in [0.1, 0.15) is 0 Å². The Labute approximate surface area is 132 Å². The van der Waals surface area contributed by atoms with E-state index in [1.54, 1.807) is 0 Å². The lowest BCUT2D eigenvalue weighted by molar-refractivity contribution is 0.0950. The molecule has 1 saturated carbocycles. The van der Waals surface area contributed by atoms with Gasteiger partial charge in [0.05, 0.1) is 0 Å². The molecule has 22 heavy (non-hydrogen) atoms. The van der Waals surface area contributed by atoms with Crippen molar-refractivity contribution in [1.29, 1.82) is 0 Å². The van der Waals surface area contributed by atoms with Crippen molar-refractivity contribution in [3.8, 4) is 0 Å². The standard InChI is InChI=1S/C19H22N2O/c1-21(2)13-14-7-6-10-16(11-14)19(22)20-18-12-17(18)15-8-4-3-5-9-15/h3-11,17-18H,12-13H2,1-2H3,(H,20,22)/t17-,18+/m0/s1. The molecule has 1 amide bonds. The van der Waals surface area contributed by atoms with Crippen LogP contribution >= 0.6 is 0 Å². The van der Waals surface area contributed by atoms with Crippen LogP contribution in [-0.2, 0) is 6.54 Å². The maximum Gasteiger partial charge on any atom is 0.251 e. The zero-order valence-electron chi connectivity index (χ0n) is 13.1. The van der Waals surface area contributed by atoms with Crippen LogP contribution in [0.15, 0.2) is 54.6 Å². The number of benzene rings is 2. The highest BCUT2D eigenvalue weighted by Crippen LogP contribution is 2.40. The topological polar surface area (TPSA) is 32.3 Å². The molecule has 0 unspecified atom stereocenters. The summed E-state index contributed by atoms with van der Waals surface area (Å²) >= 11 is 0. The SMILES string of the molecule is CN(C)Cc1cccc(C(=O)N[C@@H]2C[C@H]2c2ccccc2)c1. The molecule has 0 bridgehead atoms. The van der Waals surface area contributed by atoms with Gasteiger partial charge in [-0.3, -0.25) is 4.79 Å². The fourth-order valence-corrected chi connectivity index (χ4v) is 2.85. The predicted octanol–water partition coefficient (Wildman–Crippen LogP) is 3.03. The second-order valence-electron chi connectivity index (χ2n) is 6.27. The lowest BCUT2D eigenvalue weighted by Gasteiger charge is -2.11. The van der Waals surface area contributed by atoms with E-state index in [1.165, 1.54) is 5.56 Å². The summed E-state index contributed by atoms with van der Waals surface area (Å²) in [5.74, 6) is 0.499. The molecule has 1 N–H and O–H groups in total. The molecule has 3 heteroatoms. The molecule has 0 aliphatic heterocycles. The molecule has 3 rings (SSSR count). The first-order chi connectivity index (χ1) is 10.6. The molecule has 0 saturated heterocycles. The van der Waals surface area contributed by atoms with Gasteiger partial charge in [-0.1, -0.05) is 42.5 Å². The Hall–Kier alpha value is -2.13. The normalized spacial score (nSPS) is 20.0. The van der Waals surface area contributed by atoms with Crippen LogP contribution in [-0.4, -0.2) is 30.9 Å². The van der Waals surface area contributed by atoms with Gasteiger partial charge in [-0.25, -0.2) is 0 Å². The molecule has 1 aliphatic rings. The van der Waals surface area contributed by atoms with Crippen LogP contribution in [0.4, 0.5) is 0 Å². The maximum atomic E-state index is 12.4. The van der Waals surface area contributed by atoms with Crippen LogP contribution in [0.5, 0.6) is 0 Å². The number of hydrogen-bond donors (Lipinski definition) is 1. The smallest absolute Gasteiger partial charge is 0.251 e. The minimum atomic E-state index is 0.0315. The molecule has 0 radical (unpaired) electrons. The summed E-state index contributed by atoms with van der Waals surface area (Å²) in [6, 6.07) is 18.5. The van der Waals surface area contributed by atoms with Crippen molar-refractivity contribution in [3.63, 3.8) is 0 Å². The molecule has 3 nitrogen and oxygen atoms in total. The Bertz CT molecular complexity index is 651. The molecular formula is C19H22N2O. The highest BCUT2D eigenvalue weighted by atomic mass is 16.1. The highest BCUT2D eigenvalue weighted by Gasteiger charge is 2.39.